The highest BCUT2D eigenvalue weighted by Crippen LogP contribution is 2.52. The number of nitrogens with one attached hydrogen (secondary N) is 1. The van der Waals surface area contributed by atoms with Gasteiger partial charge in [0.25, 0.3) is 0 Å². The lowest BCUT2D eigenvalue weighted by molar-refractivity contribution is 0.0998. The zero-order valence-corrected chi connectivity index (χ0v) is 16.0. The number of nitrogens with two attached hydrogens (primary N) is 1. The minimum Gasteiger partial charge on any atom is -0.496 e. The Balaban J connectivity index is 1.90. The third-order valence-corrected chi connectivity index (χ3v) is 6.09. The lowest BCUT2D eigenvalue weighted by Gasteiger charge is -2.36. The van der Waals surface area contributed by atoms with E-state index in [1.807, 2.05) is 0 Å². The molecule has 0 radical (unpaired) electrons. The molecule has 4 rings (SSSR count). The largest absolute Gasteiger partial charge is 0.496 e. The molecule has 1 aromatic heterocycles. The van der Waals surface area contributed by atoms with Crippen LogP contribution >= 0.6 is 0 Å². The van der Waals surface area contributed by atoms with Crippen molar-refractivity contribution in [3.8, 4) is 16.9 Å². The number of pyridine rings is 1. The van der Waals surface area contributed by atoms with Crippen LogP contribution in [-0.4, -0.2) is 35.6 Å². The molecule has 4 N–H and O–H groups in total. The lowest BCUT2D eigenvalue weighted by atomic mass is 9.69. The van der Waals surface area contributed by atoms with Crippen molar-refractivity contribution < 1.29 is 19.0 Å². The smallest absolute Gasteiger partial charge is 0.164 e. The predicted molar refractivity (Wildman–Crippen MR) is 105 cm³/mol. The zero-order valence-electron chi connectivity index (χ0n) is 16.0. The summed E-state index contributed by atoms with van der Waals surface area (Å²) in [5.41, 5.74) is 7.28. The molecule has 6 nitrogen and oxygen atoms in total. The number of fused-ring (bicyclic) bond motifs is 2. The molecule has 0 unspecified atom stereocenters. The van der Waals surface area contributed by atoms with Crippen LogP contribution in [0.25, 0.3) is 11.1 Å². The second kappa shape index (κ2) is 6.74. The van der Waals surface area contributed by atoms with Gasteiger partial charge in [0.15, 0.2) is 5.78 Å². The maximum atomic E-state index is 15.2. The topological polar surface area (TPSA) is 97.5 Å². The van der Waals surface area contributed by atoms with Crippen molar-refractivity contribution in [1.82, 2.24) is 4.98 Å². The van der Waals surface area contributed by atoms with Crippen LogP contribution in [0.4, 0.5) is 15.9 Å². The molecule has 7 heteroatoms. The van der Waals surface area contributed by atoms with Crippen molar-refractivity contribution in [3.63, 3.8) is 0 Å². The molecule has 1 aliphatic heterocycles. The Kier molecular flexibility index (Phi) is 4.50. The number of ether oxygens (including phenoxy) is 1. The number of halogens is 1. The predicted octanol–water partition coefficient (Wildman–Crippen LogP) is 3.28. The highest BCUT2D eigenvalue weighted by Gasteiger charge is 2.45. The second-order valence-corrected chi connectivity index (χ2v) is 7.74. The molecule has 1 spiro atoms. The molecule has 0 amide bonds. The number of carbonyl (C=O) groups is 1. The van der Waals surface area contributed by atoms with Crippen molar-refractivity contribution in [1.29, 1.82) is 0 Å². The number of aliphatic hydroxyl groups is 1. The Morgan fingerprint density at radius 1 is 1.36 bits per heavy atom. The third kappa shape index (κ3) is 2.73. The average molecular weight is 385 g/mol. The number of anilines is 2. The van der Waals surface area contributed by atoms with Crippen LogP contribution in [0, 0.1) is 5.82 Å². The first-order valence-electron chi connectivity index (χ1n) is 9.46. The van der Waals surface area contributed by atoms with Crippen LogP contribution in [-0.2, 0) is 5.41 Å². The number of carbonyl (C=O) groups excluding carboxylic acids is 1. The molecule has 0 saturated heterocycles. The second-order valence-electron chi connectivity index (χ2n) is 7.74. The molecule has 28 heavy (non-hydrogen) atoms. The molecule has 2 aromatic rings. The van der Waals surface area contributed by atoms with E-state index in [1.54, 1.807) is 19.4 Å². The summed E-state index contributed by atoms with van der Waals surface area (Å²) in [5.74, 6) is 0.208. The molecule has 1 saturated carbocycles. The molecule has 0 atom stereocenters. The quantitative estimate of drug-likeness (QED) is 0.554. The van der Waals surface area contributed by atoms with Gasteiger partial charge >= 0.3 is 0 Å². The normalized spacial score (nSPS) is 23.4. The summed E-state index contributed by atoms with van der Waals surface area (Å²) in [4.78, 5) is 16.4. The first-order chi connectivity index (χ1) is 13.4. The van der Waals surface area contributed by atoms with Crippen LogP contribution in [0.2, 0.25) is 0 Å². The van der Waals surface area contributed by atoms with Gasteiger partial charge in [0.2, 0.25) is 0 Å². The van der Waals surface area contributed by atoms with Crippen LogP contribution in [0.3, 0.4) is 0 Å². The summed E-state index contributed by atoms with van der Waals surface area (Å²) in [6, 6.07) is 3.09. The van der Waals surface area contributed by atoms with Gasteiger partial charge in [-0.15, -0.1) is 0 Å². The van der Waals surface area contributed by atoms with Crippen LogP contribution < -0.4 is 15.8 Å². The van der Waals surface area contributed by atoms with Gasteiger partial charge in [0, 0.05) is 40.5 Å². The SMILES string of the molecule is COc1c(-c2ccc(N)c(C(C)=O)c2F)cnc2c1C1(CCC(O)CC1)CN2. The Labute approximate surface area is 162 Å². The first-order valence-corrected chi connectivity index (χ1v) is 9.46. The van der Waals surface area contributed by atoms with E-state index in [-0.39, 0.29) is 28.3 Å². The minimum absolute atomic E-state index is 0.112. The number of benzene rings is 1. The highest BCUT2D eigenvalue weighted by atomic mass is 19.1. The van der Waals surface area contributed by atoms with Crippen molar-refractivity contribution in [3.05, 3.63) is 35.3 Å². The number of hydrogen-bond acceptors (Lipinski definition) is 6. The van der Waals surface area contributed by atoms with Crippen molar-refractivity contribution in [2.24, 2.45) is 0 Å². The van der Waals surface area contributed by atoms with Crippen LogP contribution in [0.5, 0.6) is 5.75 Å². The number of aliphatic hydroxyl groups excluding tert-OH is 1. The summed E-state index contributed by atoms with van der Waals surface area (Å²) in [7, 11) is 1.56. The zero-order chi connectivity index (χ0) is 20.1. The maximum Gasteiger partial charge on any atom is 0.164 e. The molecule has 0 bridgehead atoms. The highest BCUT2D eigenvalue weighted by molar-refractivity contribution is 6.01. The summed E-state index contributed by atoms with van der Waals surface area (Å²) < 4.78 is 20.9. The molecule has 1 aromatic carbocycles. The standard InChI is InChI=1S/C21H24FN3O3/c1-11(26)16-15(23)4-3-13(18(16)22)14-9-24-20-17(19(14)28-2)21(10-25-20)7-5-12(27)6-8-21/h3-4,9,12,27H,5-8,10,23H2,1-2H3,(H,24,25). The number of nitrogen functional groups attached to an aromatic ring is 1. The Morgan fingerprint density at radius 3 is 2.71 bits per heavy atom. The van der Waals surface area contributed by atoms with Crippen LogP contribution in [0.1, 0.15) is 48.5 Å². The van der Waals surface area contributed by atoms with Gasteiger partial charge in [-0.05, 0) is 44.7 Å². The fourth-order valence-electron chi connectivity index (χ4n) is 4.60. The van der Waals surface area contributed by atoms with E-state index < -0.39 is 11.6 Å². The van der Waals surface area contributed by atoms with E-state index in [4.69, 9.17) is 10.5 Å². The van der Waals surface area contributed by atoms with Crippen molar-refractivity contribution >= 4 is 17.3 Å². The number of methoxy groups -OCH3 is 1. The summed E-state index contributed by atoms with van der Waals surface area (Å²) in [6.07, 6.45) is 4.31. The molecule has 148 valence electrons. The number of Topliss-reactive ketones (excluding diaryl/α,β-unsaturated/α-hetero) is 1. The fourth-order valence-corrected chi connectivity index (χ4v) is 4.60. The van der Waals surface area contributed by atoms with E-state index in [0.29, 0.717) is 30.7 Å². The van der Waals surface area contributed by atoms with Crippen LogP contribution in [0.15, 0.2) is 18.3 Å². The van der Waals surface area contributed by atoms with Gasteiger partial charge < -0.3 is 20.9 Å². The van der Waals surface area contributed by atoms with E-state index in [1.165, 1.54) is 13.0 Å². The fraction of sp³-hybridized carbons (Fsp3) is 0.429. The van der Waals surface area contributed by atoms with E-state index in [9.17, 15) is 9.90 Å². The van der Waals surface area contributed by atoms with Crippen molar-refractivity contribution in [2.75, 3.05) is 24.7 Å². The lowest BCUT2D eigenvalue weighted by Crippen LogP contribution is -2.35. The monoisotopic (exact) mass is 385 g/mol. The molecular formula is C21H24FN3O3. The molecule has 1 fully saturated rings. The van der Waals surface area contributed by atoms with E-state index in [2.05, 4.69) is 10.3 Å². The van der Waals surface area contributed by atoms with Gasteiger partial charge in [0.05, 0.1) is 18.8 Å². The number of ketones is 1. The maximum absolute atomic E-state index is 15.2. The Morgan fingerprint density at radius 2 is 2.07 bits per heavy atom. The van der Waals surface area contributed by atoms with Gasteiger partial charge in [-0.3, -0.25) is 4.79 Å². The van der Waals surface area contributed by atoms with Gasteiger partial charge in [-0.25, -0.2) is 9.37 Å². The number of aromatic nitrogens is 1. The average Bonchev–Trinajstić information content (AvgIpc) is 3.02. The Bertz CT molecular complexity index is 952. The third-order valence-electron chi connectivity index (χ3n) is 6.09. The first kappa shape index (κ1) is 18.7. The minimum atomic E-state index is -0.661. The molecule has 2 aliphatic rings. The molecule has 1 aliphatic carbocycles. The van der Waals surface area contributed by atoms with Gasteiger partial charge in [0.1, 0.15) is 17.4 Å². The van der Waals surface area contributed by atoms with E-state index >= 15 is 4.39 Å². The summed E-state index contributed by atoms with van der Waals surface area (Å²) in [5, 5.41) is 13.3. The molecular weight excluding hydrogens is 361 g/mol. The van der Waals surface area contributed by atoms with E-state index in [0.717, 1.165) is 24.2 Å². The van der Waals surface area contributed by atoms with Crippen molar-refractivity contribution in [2.45, 2.75) is 44.1 Å². The number of nitrogens with zero attached hydrogens (tertiary/aromatic N) is 1. The summed E-state index contributed by atoms with van der Waals surface area (Å²) in [6.45, 7) is 2.01. The van der Waals surface area contributed by atoms with Gasteiger partial charge in [-0.2, -0.15) is 0 Å². The van der Waals surface area contributed by atoms with Gasteiger partial charge in [-0.1, -0.05) is 0 Å². The molecule has 2 heterocycles. The number of hydrogen-bond donors (Lipinski definition) is 3. The number of rotatable bonds is 3. The summed E-state index contributed by atoms with van der Waals surface area (Å²) >= 11 is 0. The Hall–Kier alpha value is -2.67.